The van der Waals surface area contributed by atoms with E-state index >= 15 is 0 Å². The molecule has 34 heavy (non-hydrogen) atoms. The quantitative estimate of drug-likeness (QED) is 0.343. The van der Waals surface area contributed by atoms with Crippen LogP contribution < -0.4 is 0 Å². The van der Waals surface area contributed by atoms with Crippen LogP contribution in [0.3, 0.4) is 0 Å². The van der Waals surface area contributed by atoms with Gasteiger partial charge in [0.1, 0.15) is 0 Å². The number of aliphatic hydroxyl groups excluding tert-OH is 1. The Kier molecular flexibility index (Phi) is 6.13. The van der Waals surface area contributed by atoms with Gasteiger partial charge >= 0.3 is 0 Å². The van der Waals surface area contributed by atoms with Crippen molar-refractivity contribution in [1.82, 2.24) is 19.5 Å². The molecule has 0 aliphatic heterocycles. The van der Waals surface area contributed by atoms with E-state index in [0.717, 1.165) is 29.4 Å². The van der Waals surface area contributed by atoms with Crippen LogP contribution in [-0.2, 0) is 0 Å². The van der Waals surface area contributed by atoms with E-state index in [1.54, 1.807) is 0 Å². The van der Waals surface area contributed by atoms with E-state index in [-0.39, 0.29) is 0 Å². The van der Waals surface area contributed by atoms with Crippen LogP contribution in [0.1, 0.15) is 88.2 Å². The van der Waals surface area contributed by atoms with E-state index in [0.29, 0.717) is 24.5 Å². The highest BCUT2D eigenvalue weighted by molar-refractivity contribution is 5.95. The van der Waals surface area contributed by atoms with Crippen molar-refractivity contribution >= 4 is 22.1 Å². The van der Waals surface area contributed by atoms with Gasteiger partial charge in [-0.1, -0.05) is 38.2 Å². The van der Waals surface area contributed by atoms with Crippen molar-refractivity contribution in [3.8, 4) is 11.1 Å². The summed E-state index contributed by atoms with van der Waals surface area (Å²) >= 11 is 0. The van der Waals surface area contributed by atoms with Crippen molar-refractivity contribution in [2.24, 2.45) is 5.92 Å². The summed E-state index contributed by atoms with van der Waals surface area (Å²) in [5, 5.41) is 9.58. The van der Waals surface area contributed by atoms with Crippen LogP contribution in [0.4, 0.5) is 0 Å². The molecule has 0 radical (unpaired) electrons. The summed E-state index contributed by atoms with van der Waals surface area (Å²) in [6.07, 6.45) is 17.5. The molecule has 0 unspecified atom stereocenters. The van der Waals surface area contributed by atoms with Crippen molar-refractivity contribution in [3.05, 3.63) is 48.5 Å². The monoisotopic (exact) mass is 456 g/mol. The Hall–Kier alpha value is -2.66. The summed E-state index contributed by atoms with van der Waals surface area (Å²) in [5.41, 5.74) is 8.32. The number of imidazole rings is 2. The van der Waals surface area contributed by atoms with E-state index < -0.39 is 0 Å². The second-order valence-corrected chi connectivity index (χ2v) is 10.6. The molecule has 5 heteroatoms. The van der Waals surface area contributed by atoms with Gasteiger partial charge in [-0.2, -0.15) is 0 Å². The van der Waals surface area contributed by atoms with Gasteiger partial charge in [0, 0.05) is 18.2 Å². The molecule has 178 valence electrons. The number of aromatic nitrogens is 4. The largest absolute Gasteiger partial charge is 0.396 e. The van der Waals surface area contributed by atoms with Crippen LogP contribution >= 0.6 is 0 Å². The van der Waals surface area contributed by atoms with Crippen molar-refractivity contribution in [2.75, 3.05) is 6.61 Å². The molecule has 4 aromatic rings. The predicted molar refractivity (Wildman–Crippen MR) is 138 cm³/mol. The molecule has 0 spiro atoms. The predicted octanol–water partition coefficient (Wildman–Crippen LogP) is 7.13. The van der Waals surface area contributed by atoms with Crippen LogP contribution in [-0.4, -0.2) is 31.2 Å². The first-order valence-corrected chi connectivity index (χ1v) is 13.3. The van der Waals surface area contributed by atoms with E-state index in [1.165, 1.54) is 80.0 Å². The van der Waals surface area contributed by atoms with Crippen LogP contribution in [0.15, 0.2) is 43.0 Å². The minimum atomic E-state index is 0.341. The summed E-state index contributed by atoms with van der Waals surface area (Å²) in [4.78, 5) is 12.9. The number of hydrogen-bond acceptors (Lipinski definition) is 3. The van der Waals surface area contributed by atoms with Gasteiger partial charge in [0.05, 0.1) is 34.7 Å². The number of rotatable bonds is 4. The Labute approximate surface area is 201 Å². The lowest BCUT2D eigenvalue weighted by molar-refractivity contribution is 0.196. The average molecular weight is 457 g/mol. The van der Waals surface area contributed by atoms with Crippen molar-refractivity contribution in [3.63, 3.8) is 0 Å². The Morgan fingerprint density at radius 1 is 0.882 bits per heavy atom. The van der Waals surface area contributed by atoms with E-state index in [1.807, 2.05) is 6.33 Å². The summed E-state index contributed by atoms with van der Waals surface area (Å²) < 4.78 is 2.41. The van der Waals surface area contributed by atoms with Gasteiger partial charge in [-0.3, -0.25) is 0 Å². The topological polar surface area (TPSA) is 66.7 Å². The summed E-state index contributed by atoms with van der Waals surface area (Å²) in [7, 11) is 0. The zero-order valence-electron chi connectivity index (χ0n) is 20.0. The van der Waals surface area contributed by atoms with Gasteiger partial charge in [0.15, 0.2) is 0 Å². The molecule has 6 rings (SSSR count). The molecular weight excluding hydrogens is 420 g/mol. The van der Waals surface area contributed by atoms with Crippen LogP contribution in [0.5, 0.6) is 0 Å². The number of H-pyrrole nitrogens is 1. The number of aromatic amines is 1. The molecule has 0 atom stereocenters. The maximum absolute atomic E-state index is 9.58. The highest BCUT2D eigenvalue weighted by Crippen LogP contribution is 2.38. The molecule has 2 heterocycles. The summed E-state index contributed by atoms with van der Waals surface area (Å²) in [6.45, 7) is 0.341. The third-order valence-corrected chi connectivity index (χ3v) is 8.46. The second-order valence-electron chi connectivity index (χ2n) is 10.6. The zero-order chi connectivity index (χ0) is 22.9. The van der Waals surface area contributed by atoms with E-state index in [4.69, 9.17) is 4.98 Å². The molecule has 5 nitrogen and oxygen atoms in total. The molecule has 2 aliphatic rings. The third kappa shape index (κ3) is 4.15. The lowest BCUT2D eigenvalue weighted by Gasteiger charge is -2.24. The Balaban J connectivity index is 1.34. The number of fused-ring (bicyclic) bond motifs is 2. The van der Waals surface area contributed by atoms with Gasteiger partial charge in [0.2, 0.25) is 0 Å². The van der Waals surface area contributed by atoms with Gasteiger partial charge in [-0.15, -0.1) is 0 Å². The zero-order valence-corrected chi connectivity index (χ0v) is 20.0. The smallest absolute Gasteiger partial charge is 0.0961 e. The van der Waals surface area contributed by atoms with Crippen molar-refractivity contribution < 1.29 is 5.11 Å². The average Bonchev–Trinajstić information content (AvgIpc) is 3.51. The van der Waals surface area contributed by atoms with Crippen molar-refractivity contribution in [2.45, 2.75) is 82.6 Å². The van der Waals surface area contributed by atoms with Gasteiger partial charge in [-0.05, 0) is 85.8 Å². The van der Waals surface area contributed by atoms with Gasteiger partial charge in [0.25, 0.3) is 0 Å². The summed E-state index contributed by atoms with van der Waals surface area (Å²) in [6, 6.07) is 12.1. The van der Waals surface area contributed by atoms with Gasteiger partial charge in [-0.25, -0.2) is 9.97 Å². The third-order valence-electron chi connectivity index (χ3n) is 8.46. The fraction of sp³-hybridized carbons (Fsp3) is 0.517. The molecule has 0 amide bonds. The van der Waals surface area contributed by atoms with Crippen molar-refractivity contribution in [1.29, 1.82) is 0 Å². The maximum atomic E-state index is 9.58. The molecular formula is C29H36N4O. The highest BCUT2D eigenvalue weighted by Gasteiger charge is 2.21. The number of nitrogens with zero attached hydrogens (tertiary/aromatic N) is 3. The van der Waals surface area contributed by atoms with E-state index in [2.05, 4.69) is 51.2 Å². The fourth-order valence-corrected chi connectivity index (χ4v) is 6.49. The number of aliphatic hydroxyl groups is 1. The lowest BCUT2D eigenvalue weighted by Crippen LogP contribution is -2.11. The SMILES string of the molecule is OCC1CCCC(c2cc(-c3ccc4c(c3)ncn4C3CCCCC3)c3nc[nH]c3c2)CCC1. The van der Waals surface area contributed by atoms with Gasteiger partial charge < -0.3 is 14.7 Å². The molecule has 0 bridgehead atoms. The standard InChI is InChI=1S/C29H36N4O/c34-17-20-6-4-8-21(9-5-7-20)23-14-25(29-27(16-23)30-18-31-29)22-12-13-28-26(15-22)32-19-33(28)24-10-2-1-3-11-24/h12-16,18-21,24,34H,1-11,17H2,(H,30,31). The molecule has 2 aromatic heterocycles. The molecule has 2 aromatic carbocycles. The maximum Gasteiger partial charge on any atom is 0.0961 e. The molecule has 2 saturated carbocycles. The molecule has 0 saturated heterocycles. The Morgan fingerprint density at radius 2 is 1.71 bits per heavy atom. The minimum Gasteiger partial charge on any atom is -0.396 e. The highest BCUT2D eigenvalue weighted by atomic mass is 16.3. The number of hydrogen-bond donors (Lipinski definition) is 2. The lowest BCUT2D eigenvalue weighted by atomic mass is 9.82. The Morgan fingerprint density at radius 3 is 2.50 bits per heavy atom. The summed E-state index contributed by atoms with van der Waals surface area (Å²) in [5.74, 6) is 1.06. The molecule has 2 fully saturated rings. The second kappa shape index (κ2) is 9.53. The first kappa shape index (κ1) is 21.8. The van der Waals surface area contributed by atoms with E-state index in [9.17, 15) is 5.11 Å². The Bertz CT molecular complexity index is 1260. The first-order chi connectivity index (χ1) is 16.8. The number of benzene rings is 2. The molecule has 2 aliphatic carbocycles. The normalized spacial score (nSPS) is 22.7. The number of nitrogens with one attached hydrogen (secondary N) is 1. The molecule has 2 N–H and O–H groups in total. The van der Waals surface area contributed by atoms with Crippen LogP contribution in [0, 0.1) is 5.92 Å². The first-order valence-electron chi connectivity index (χ1n) is 13.3. The minimum absolute atomic E-state index is 0.341. The van der Waals surface area contributed by atoms with Crippen LogP contribution in [0.25, 0.3) is 33.2 Å². The fourth-order valence-electron chi connectivity index (χ4n) is 6.49. The van der Waals surface area contributed by atoms with Crippen LogP contribution in [0.2, 0.25) is 0 Å².